The molecule has 2 amide bonds. The van der Waals surface area contributed by atoms with Crippen molar-refractivity contribution < 1.29 is 19.4 Å². The molecule has 0 saturated heterocycles. The minimum atomic E-state index is -1.02. The molecule has 6 nitrogen and oxygen atoms in total. The summed E-state index contributed by atoms with van der Waals surface area (Å²) in [5.74, 6) is -1.02. The zero-order valence-corrected chi connectivity index (χ0v) is 10.2. The first kappa shape index (κ1) is 13.8. The van der Waals surface area contributed by atoms with Crippen molar-refractivity contribution in [3.63, 3.8) is 0 Å². The van der Waals surface area contributed by atoms with Crippen LogP contribution in [0.2, 0.25) is 0 Å². The molecule has 0 aliphatic heterocycles. The van der Waals surface area contributed by atoms with Crippen LogP contribution in [0.1, 0.15) is 32.6 Å². The molecule has 0 heterocycles. The Morgan fingerprint density at radius 3 is 2.71 bits per heavy atom. The van der Waals surface area contributed by atoms with E-state index in [0.717, 1.165) is 19.3 Å². The molecule has 98 valence electrons. The first-order chi connectivity index (χ1) is 8.08. The molecule has 0 bridgehead atoms. The zero-order chi connectivity index (χ0) is 12.8. The second kappa shape index (κ2) is 6.44. The minimum absolute atomic E-state index is 0.0219. The van der Waals surface area contributed by atoms with Crippen LogP contribution in [-0.4, -0.2) is 42.4 Å². The minimum Gasteiger partial charge on any atom is -0.480 e. The van der Waals surface area contributed by atoms with Gasteiger partial charge in [0.25, 0.3) is 0 Å². The van der Waals surface area contributed by atoms with Gasteiger partial charge in [0.15, 0.2) is 0 Å². The molecule has 2 unspecified atom stereocenters. The number of carboxylic acids is 1. The smallest absolute Gasteiger partial charge is 0.326 e. The fraction of sp³-hybridized carbons (Fsp3) is 0.818. The number of aliphatic carboxylic acids is 1. The van der Waals surface area contributed by atoms with Crippen LogP contribution in [0.3, 0.4) is 0 Å². The average molecular weight is 244 g/mol. The quantitative estimate of drug-likeness (QED) is 0.665. The molecule has 6 heteroatoms. The van der Waals surface area contributed by atoms with Crippen molar-refractivity contribution in [3.8, 4) is 0 Å². The van der Waals surface area contributed by atoms with E-state index < -0.39 is 18.0 Å². The van der Waals surface area contributed by atoms with Crippen molar-refractivity contribution in [2.24, 2.45) is 0 Å². The van der Waals surface area contributed by atoms with Gasteiger partial charge < -0.3 is 20.5 Å². The highest BCUT2D eigenvalue weighted by atomic mass is 16.5. The lowest BCUT2D eigenvalue weighted by molar-refractivity contribution is -0.139. The number of hydrogen-bond acceptors (Lipinski definition) is 3. The van der Waals surface area contributed by atoms with Gasteiger partial charge in [0.05, 0.1) is 12.1 Å². The molecule has 1 aliphatic rings. The molecule has 1 fully saturated rings. The van der Waals surface area contributed by atoms with Crippen molar-refractivity contribution in [1.82, 2.24) is 10.6 Å². The van der Waals surface area contributed by atoms with Crippen LogP contribution in [-0.2, 0) is 9.53 Å². The monoisotopic (exact) mass is 244 g/mol. The van der Waals surface area contributed by atoms with Gasteiger partial charge in [-0.3, -0.25) is 0 Å². The van der Waals surface area contributed by atoms with Crippen molar-refractivity contribution in [3.05, 3.63) is 0 Å². The van der Waals surface area contributed by atoms with E-state index in [1.54, 1.807) is 14.0 Å². The molecule has 0 aromatic rings. The maximum atomic E-state index is 11.6. The summed E-state index contributed by atoms with van der Waals surface area (Å²) in [5.41, 5.74) is 0. The third kappa shape index (κ3) is 3.89. The summed E-state index contributed by atoms with van der Waals surface area (Å²) in [6, 6.07) is -1.29. The van der Waals surface area contributed by atoms with Crippen molar-refractivity contribution in [2.75, 3.05) is 7.11 Å². The summed E-state index contributed by atoms with van der Waals surface area (Å²) >= 11 is 0. The van der Waals surface area contributed by atoms with Gasteiger partial charge >= 0.3 is 12.0 Å². The number of rotatable bonds is 5. The normalized spacial score (nSPS) is 25.3. The lowest BCUT2D eigenvalue weighted by Gasteiger charge is -2.21. The maximum absolute atomic E-state index is 11.6. The number of ether oxygens (including phenoxy) is 1. The standard InChI is InChI=1S/C11H20N2O4/c1-3-7(10(14)15)12-11(16)13-8-5-4-6-9(8)17-2/h7-9H,3-6H2,1-2H3,(H,14,15)(H2,12,13,16)/t7-,8?,9?/m0/s1. The maximum Gasteiger partial charge on any atom is 0.326 e. The highest BCUT2D eigenvalue weighted by Gasteiger charge is 2.29. The van der Waals surface area contributed by atoms with Crippen LogP contribution in [0.5, 0.6) is 0 Å². The molecule has 1 saturated carbocycles. The number of urea groups is 1. The predicted molar refractivity (Wildman–Crippen MR) is 61.8 cm³/mol. The third-order valence-electron chi connectivity index (χ3n) is 3.08. The van der Waals surface area contributed by atoms with E-state index >= 15 is 0 Å². The lowest BCUT2D eigenvalue weighted by Crippen LogP contribution is -2.50. The fourth-order valence-corrected chi connectivity index (χ4v) is 2.08. The fourth-order valence-electron chi connectivity index (χ4n) is 2.08. The average Bonchev–Trinajstić information content (AvgIpc) is 2.72. The van der Waals surface area contributed by atoms with Crippen molar-refractivity contribution >= 4 is 12.0 Å². The van der Waals surface area contributed by atoms with Crippen LogP contribution >= 0.6 is 0 Å². The Bertz CT molecular complexity index is 283. The van der Waals surface area contributed by atoms with Crippen molar-refractivity contribution in [2.45, 2.75) is 50.8 Å². The molecule has 3 N–H and O–H groups in total. The summed E-state index contributed by atoms with van der Waals surface area (Å²) in [5, 5.41) is 14.0. The molecule has 0 radical (unpaired) electrons. The summed E-state index contributed by atoms with van der Waals surface area (Å²) in [6.45, 7) is 1.71. The van der Waals surface area contributed by atoms with Gasteiger partial charge in [-0.15, -0.1) is 0 Å². The predicted octanol–water partition coefficient (Wildman–Crippen LogP) is 0.716. The van der Waals surface area contributed by atoms with Crippen LogP contribution in [0.15, 0.2) is 0 Å². The number of carbonyl (C=O) groups excluding carboxylic acids is 1. The van der Waals surface area contributed by atoms with Gasteiger partial charge in [-0.05, 0) is 25.7 Å². The second-order valence-electron chi connectivity index (χ2n) is 4.23. The summed E-state index contributed by atoms with van der Waals surface area (Å²) in [6.07, 6.45) is 3.21. The highest BCUT2D eigenvalue weighted by molar-refractivity contribution is 5.82. The second-order valence-corrected chi connectivity index (χ2v) is 4.23. The van der Waals surface area contributed by atoms with E-state index in [1.165, 1.54) is 0 Å². The molecule has 3 atom stereocenters. The van der Waals surface area contributed by atoms with Gasteiger partial charge in [-0.2, -0.15) is 0 Å². The Labute approximate surface area is 101 Å². The molecule has 0 aromatic carbocycles. The number of methoxy groups -OCH3 is 1. The summed E-state index contributed by atoms with van der Waals surface area (Å²) < 4.78 is 5.24. The largest absolute Gasteiger partial charge is 0.480 e. The molecule has 1 aliphatic carbocycles. The summed E-state index contributed by atoms with van der Waals surface area (Å²) in [4.78, 5) is 22.3. The Hall–Kier alpha value is -1.30. The van der Waals surface area contributed by atoms with E-state index in [-0.39, 0.29) is 12.1 Å². The van der Waals surface area contributed by atoms with Crippen molar-refractivity contribution in [1.29, 1.82) is 0 Å². The first-order valence-corrected chi connectivity index (χ1v) is 5.91. The van der Waals surface area contributed by atoms with E-state index in [9.17, 15) is 9.59 Å². The molecule has 0 spiro atoms. The zero-order valence-electron chi connectivity index (χ0n) is 10.2. The van der Waals surface area contributed by atoms with Crippen LogP contribution < -0.4 is 10.6 Å². The van der Waals surface area contributed by atoms with Gasteiger partial charge in [0.1, 0.15) is 6.04 Å². The van der Waals surface area contributed by atoms with E-state index in [1.807, 2.05) is 0 Å². The van der Waals surface area contributed by atoms with E-state index in [4.69, 9.17) is 9.84 Å². The Kier molecular flexibility index (Phi) is 5.21. The van der Waals surface area contributed by atoms with Gasteiger partial charge in [-0.25, -0.2) is 9.59 Å². The highest BCUT2D eigenvalue weighted by Crippen LogP contribution is 2.21. The first-order valence-electron chi connectivity index (χ1n) is 5.91. The number of hydrogen-bond donors (Lipinski definition) is 3. The number of nitrogens with one attached hydrogen (secondary N) is 2. The number of carboxylic acid groups (broad SMARTS) is 1. The molecular formula is C11H20N2O4. The number of carbonyl (C=O) groups is 2. The lowest BCUT2D eigenvalue weighted by atomic mass is 10.2. The Morgan fingerprint density at radius 2 is 2.18 bits per heavy atom. The van der Waals surface area contributed by atoms with E-state index in [2.05, 4.69) is 10.6 Å². The molecule has 1 rings (SSSR count). The third-order valence-corrected chi connectivity index (χ3v) is 3.08. The van der Waals surface area contributed by atoms with Gasteiger partial charge in [-0.1, -0.05) is 6.92 Å². The van der Waals surface area contributed by atoms with Gasteiger partial charge in [0.2, 0.25) is 0 Å². The Balaban J connectivity index is 2.41. The molecular weight excluding hydrogens is 224 g/mol. The van der Waals surface area contributed by atoms with E-state index in [0.29, 0.717) is 6.42 Å². The van der Waals surface area contributed by atoms with Crippen LogP contribution in [0, 0.1) is 0 Å². The summed E-state index contributed by atoms with van der Waals surface area (Å²) in [7, 11) is 1.62. The topological polar surface area (TPSA) is 87.7 Å². The Morgan fingerprint density at radius 1 is 1.47 bits per heavy atom. The van der Waals surface area contributed by atoms with Crippen LogP contribution in [0.4, 0.5) is 4.79 Å². The van der Waals surface area contributed by atoms with Gasteiger partial charge in [0, 0.05) is 7.11 Å². The SMILES string of the molecule is CC[C@H](NC(=O)NC1CCCC1OC)C(=O)O. The molecule has 17 heavy (non-hydrogen) atoms. The molecule has 0 aromatic heterocycles. The van der Waals surface area contributed by atoms with Crippen LogP contribution in [0.25, 0.3) is 0 Å². The number of amides is 2.